The number of halogens is 2. The highest BCUT2D eigenvalue weighted by Crippen LogP contribution is 2.68. The van der Waals surface area contributed by atoms with Gasteiger partial charge in [-0.15, -0.1) is 5.10 Å². The van der Waals surface area contributed by atoms with E-state index in [2.05, 4.69) is 29.4 Å². The van der Waals surface area contributed by atoms with Crippen LogP contribution in [0, 0.1) is 17.0 Å². The third-order valence-corrected chi connectivity index (χ3v) is 7.02. The molecule has 4 rings (SSSR count). The number of nitrogens with one attached hydrogen (secondary N) is 1. The Bertz CT molecular complexity index is 1070. The van der Waals surface area contributed by atoms with Crippen molar-refractivity contribution >= 4 is 11.7 Å². The summed E-state index contributed by atoms with van der Waals surface area (Å²) in [5.41, 5.74) is 0.174. The molecule has 0 aliphatic heterocycles. The highest BCUT2D eigenvalue weighted by atomic mass is 19.1. The van der Waals surface area contributed by atoms with Crippen molar-refractivity contribution in [3.8, 4) is 11.3 Å². The zero-order chi connectivity index (χ0) is 23.3. The van der Waals surface area contributed by atoms with Gasteiger partial charge in [-0.1, -0.05) is 26.8 Å². The molecule has 3 atom stereocenters. The van der Waals surface area contributed by atoms with Gasteiger partial charge in [-0.2, -0.15) is 5.10 Å². The molecular formula is C24H27F2N3O3. The van der Waals surface area contributed by atoms with Crippen LogP contribution in [0.1, 0.15) is 64.1 Å². The molecule has 2 aliphatic carbocycles. The monoisotopic (exact) mass is 443 g/mol. The molecule has 1 saturated carbocycles. The number of nitrogens with zero attached hydrogens (tertiary/aromatic N) is 2. The van der Waals surface area contributed by atoms with Crippen molar-refractivity contribution in [3.63, 3.8) is 0 Å². The maximum Gasteiger partial charge on any atom is 0.249 e. The number of carbonyl (C=O) groups excluding carboxylic acids is 2. The highest BCUT2D eigenvalue weighted by Gasteiger charge is 2.65. The lowest BCUT2D eigenvalue weighted by Gasteiger charge is -2.40. The Morgan fingerprint density at radius 1 is 1.25 bits per heavy atom. The van der Waals surface area contributed by atoms with Crippen LogP contribution in [0.15, 0.2) is 24.3 Å². The average Bonchev–Trinajstić information content (AvgIpc) is 3.10. The number of amides is 1. The van der Waals surface area contributed by atoms with Gasteiger partial charge in [0.25, 0.3) is 0 Å². The Morgan fingerprint density at radius 3 is 2.56 bits per heavy atom. The number of Topliss-reactive ketones (excluding diaryl/α,β-unsaturated/α-hetero) is 1. The fraction of sp³-hybridized carbons (Fsp3) is 0.500. The standard InChI is InChI=1S/C24H27F2N3O3/c1-5-19(22(31)27-12-13(2)30)32-24-10-9-15(23(24,3)4)14-11-18(28-29-21(14)24)20-16(25)7-6-8-17(20)26/h6-8,11,15,19H,5,9-10,12H2,1-4H3,(H,27,31)/t15-,19+,24-/m0/s1. The lowest BCUT2D eigenvalue weighted by molar-refractivity contribution is -0.168. The largest absolute Gasteiger partial charge is 0.355 e. The molecule has 2 aliphatic rings. The van der Waals surface area contributed by atoms with E-state index in [1.54, 1.807) is 6.07 Å². The minimum absolute atomic E-state index is 0.0499. The maximum absolute atomic E-state index is 14.3. The van der Waals surface area contributed by atoms with E-state index in [1.807, 2.05) is 6.92 Å². The normalized spacial score (nSPS) is 23.6. The number of fused-ring (bicyclic) bond motifs is 5. The molecule has 2 bridgehead atoms. The van der Waals surface area contributed by atoms with Crippen molar-refractivity contribution in [1.82, 2.24) is 15.5 Å². The summed E-state index contributed by atoms with van der Waals surface area (Å²) >= 11 is 0. The predicted octanol–water partition coefficient (Wildman–Crippen LogP) is 4.03. The number of rotatable bonds is 7. The molecule has 1 heterocycles. The van der Waals surface area contributed by atoms with E-state index in [1.165, 1.54) is 25.1 Å². The third-order valence-electron chi connectivity index (χ3n) is 7.02. The van der Waals surface area contributed by atoms with Gasteiger partial charge < -0.3 is 10.1 Å². The number of ether oxygens (including phenoxy) is 1. The average molecular weight is 443 g/mol. The summed E-state index contributed by atoms with van der Waals surface area (Å²) in [5, 5.41) is 11.2. The summed E-state index contributed by atoms with van der Waals surface area (Å²) in [6, 6.07) is 5.40. The van der Waals surface area contributed by atoms with Gasteiger partial charge in [0.2, 0.25) is 5.91 Å². The van der Waals surface area contributed by atoms with Crippen molar-refractivity contribution < 1.29 is 23.1 Å². The van der Waals surface area contributed by atoms with Crippen LogP contribution in [0.5, 0.6) is 0 Å². The first-order valence-corrected chi connectivity index (χ1v) is 10.9. The quantitative estimate of drug-likeness (QED) is 0.699. The second-order valence-electron chi connectivity index (χ2n) is 9.20. The molecular weight excluding hydrogens is 416 g/mol. The predicted molar refractivity (Wildman–Crippen MR) is 114 cm³/mol. The number of hydrogen-bond acceptors (Lipinski definition) is 5. The van der Waals surface area contributed by atoms with Gasteiger partial charge in [-0.05, 0) is 55.9 Å². The van der Waals surface area contributed by atoms with E-state index in [-0.39, 0.29) is 35.4 Å². The van der Waals surface area contributed by atoms with E-state index in [0.717, 1.165) is 12.0 Å². The zero-order valence-electron chi connectivity index (χ0n) is 18.7. The van der Waals surface area contributed by atoms with Crippen molar-refractivity contribution in [1.29, 1.82) is 0 Å². The lowest BCUT2D eigenvalue weighted by Crippen LogP contribution is -2.47. The van der Waals surface area contributed by atoms with Crippen molar-refractivity contribution in [3.05, 3.63) is 47.2 Å². The summed E-state index contributed by atoms with van der Waals surface area (Å²) in [6.07, 6.45) is 1.13. The van der Waals surface area contributed by atoms with Crippen LogP contribution in [0.25, 0.3) is 11.3 Å². The van der Waals surface area contributed by atoms with Crippen molar-refractivity contribution in [2.24, 2.45) is 5.41 Å². The van der Waals surface area contributed by atoms with Crippen LogP contribution in [-0.2, 0) is 19.9 Å². The van der Waals surface area contributed by atoms with Gasteiger partial charge in [0.15, 0.2) is 0 Å². The first kappa shape index (κ1) is 22.5. The Kier molecular flexibility index (Phi) is 5.61. The summed E-state index contributed by atoms with van der Waals surface area (Å²) in [4.78, 5) is 23.9. The van der Waals surface area contributed by atoms with E-state index < -0.39 is 28.8 Å². The highest BCUT2D eigenvalue weighted by molar-refractivity contribution is 5.86. The minimum atomic E-state index is -0.847. The molecule has 170 valence electrons. The number of aromatic nitrogens is 2. The van der Waals surface area contributed by atoms with Crippen LogP contribution in [-0.4, -0.2) is 34.5 Å². The molecule has 1 aromatic carbocycles. The van der Waals surface area contributed by atoms with Gasteiger partial charge >= 0.3 is 0 Å². The summed E-state index contributed by atoms with van der Waals surface area (Å²) < 4.78 is 35.2. The molecule has 6 nitrogen and oxygen atoms in total. The number of carbonyl (C=O) groups is 2. The topological polar surface area (TPSA) is 81.2 Å². The molecule has 8 heteroatoms. The Morgan fingerprint density at radius 2 is 1.94 bits per heavy atom. The summed E-state index contributed by atoms with van der Waals surface area (Å²) in [7, 11) is 0. The SMILES string of the molecule is CC[C@@H](O[C@@]12CC[C@@H](c3cc(-c4c(F)cccc4F)nnc31)C2(C)C)C(=O)NCC(C)=O. The lowest BCUT2D eigenvalue weighted by atomic mass is 9.77. The number of ketones is 1. The molecule has 1 N–H and O–H groups in total. The van der Waals surface area contributed by atoms with E-state index >= 15 is 0 Å². The number of hydrogen-bond donors (Lipinski definition) is 1. The molecule has 2 aromatic rings. The fourth-order valence-electron chi connectivity index (χ4n) is 5.29. The third kappa shape index (κ3) is 3.32. The molecule has 0 radical (unpaired) electrons. The van der Waals surface area contributed by atoms with E-state index in [0.29, 0.717) is 18.5 Å². The first-order chi connectivity index (χ1) is 15.1. The van der Waals surface area contributed by atoms with Gasteiger partial charge in [0.1, 0.15) is 29.1 Å². The zero-order valence-corrected chi connectivity index (χ0v) is 18.7. The molecule has 1 amide bonds. The smallest absolute Gasteiger partial charge is 0.249 e. The van der Waals surface area contributed by atoms with E-state index in [9.17, 15) is 18.4 Å². The minimum Gasteiger partial charge on any atom is -0.355 e. The van der Waals surface area contributed by atoms with E-state index in [4.69, 9.17) is 4.74 Å². The van der Waals surface area contributed by atoms with Crippen molar-refractivity contribution in [2.75, 3.05) is 6.54 Å². The van der Waals surface area contributed by atoms with Crippen LogP contribution in [0.2, 0.25) is 0 Å². The molecule has 1 fully saturated rings. The van der Waals surface area contributed by atoms with Crippen LogP contribution >= 0.6 is 0 Å². The Balaban J connectivity index is 1.72. The van der Waals surface area contributed by atoms with Crippen LogP contribution < -0.4 is 5.32 Å². The molecule has 0 spiro atoms. The number of benzene rings is 1. The van der Waals surface area contributed by atoms with Gasteiger partial charge in [0, 0.05) is 5.41 Å². The van der Waals surface area contributed by atoms with Crippen LogP contribution in [0.4, 0.5) is 8.78 Å². The molecule has 1 aromatic heterocycles. The van der Waals surface area contributed by atoms with Gasteiger partial charge in [0.05, 0.1) is 23.5 Å². The van der Waals surface area contributed by atoms with Crippen molar-refractivity contribution in [2.45, 2.75) is 64.6 Å². The second-order valence-corrected chi connectivity index (χ2v) is 9.20. The molecule has 0 saturated heterocycles. The Hall–Kier alpha value is -2.74. The molecule has 32 heavy (non-hydrogen) atoms. The maximum atomic E-state index is 14.3. The summed E-state index contributed by atoms with van der Waals surface area (Å²) in [6.45, 7) is 7.33. The molecule has 0 unspecified atom stereocenters. The van der Waals surface area contributed by atoms with Crippen LogP contribution in [0.3, 0.4) is 0 Å². The summed E-state index contributed by atoms with van der Waals surface area (Å²) in [5.74, 6) is -1.82. The Labute approximate surface area is 185 Å². The first-order valence-electron chi connectivity index (χ1n) is 10.9. The second kappa shape index (κ2) is 7.99. The van der Waals surface area contributed by atoms with Gasteiger partial charge in [-0.3, -0.25) is 9.59 Å². The van der Waals surface area contributed by atoms with Gasteiger partial charge in [-0.25, -0.2) is 8.78 Å². The fourth-order valence-corrected chi connectivity index (χ4v) is 5.29.